The van der Waals surface area contributed by atoms with Gasteiger partial charge >= 0.3 is 0 Å². The fourth-order valence-corrected chi connectivity index (χ4v) is 0.602. The molecule has 3 heteroatoms. The van der Waals surface area contributed by atoms with Gasteiger partial charge in [-0.3, -0.25) is 0 Å². The molecule has 0 aliphatic heterocycles. The Morgan fingerprint density at radius 3 is 2.60 bits per heavy atom. The Kier molecular flexibility index (Phi) is 1.89. The molecule has 0 fully saturated rings. The molecular formula is C7H7N3. The van der Waals surface area contributed by atoms with Gasteiger partial charge in [0.05, 0.1) is 11.9 Å². The molecule has 0 saturated carbocycles. The summed E-state index contributed by atoms with van der Waals surface area (Å²) in [6, 6.07) is 0. The third kappa shape index (κ3) is 1.07. The van der Waals surface area contributed by atoms with Crippen LogP contribution in [0.4, 0.5) is 0 Å². The van der Waals surface area contributed by atoms with E-state index in [4.69, 9.17) is 0 Å². The highest BCUT2D eigenvalue weighted by Gasteiger charge is 1.93. The Labute approximate surface area is 59.1 Å². The molecular weight excluding hydrogens is 126 g/mol. The van der Waals surface area contributed by atoms with Gasteiger partial charge in [-0.1, -0.05) is 19.2 Å². The molecule has 0 aromatic carbocycles. The number of hydrogen-bond acceptors (Lipinski definition) is 3. The van der Waals surface area contributed by atoms with Crippen molar-refractivity contribution in [3.63, 3.8) is 0 Å². The quantitative estimate of drug-likeness (QED) is 0.607. The maximum absolute atomic E-state index is 3.72. The molecule has 0 N–H and O–H groups in total. The zero-order valence-corrected chi connectivity index (χ0v) is 5.49. The molecule has 50 valence electrons. The van der Waals surface area contributed by atoms with Gasteiger partial charge in [0.2, 0.25) is 0 Å². The van der Waals surface area contributed by atoms with Crippen LogP contribution in [0.25, 0.3) is 12.2 Å². The first kappa shape index (κ1) is 6.61. The van der Waals surface area contributed by atoms with Crippen LogP contribution in [-0.2, 0) is 0 Å². The van der Waals surface area contributed by atoms with Gasteiger partial charge in [-0.25, -0.2) is 0 Å². The Bertz CT molecular complexity index is 228. The third-order valence-electron chi connectivity index (χ3n) is 1.11. The minimum atomic E-state index is 0.713. The molecule has 1 rings (SSSR count). The van der Waals surface area contributed by atoms with Crippen LogP contribution in [0.3, 0.4) is 0 Å². The van der Waals surface area contributed by atoms with Crippen molar-refractivity contribution in [2.75, 3.05) is 0 Å². The molecule has 3 nitrogen and oxygen atoms in total. The summed E-state index contributed by atoms with van der Waals surface area (Å²) in [5, 5.41) is 10.7. The van der Waals surface area contributed by atoms with Crippen LogP contribution in [0.15, 0.2) is 19.4 Å². The van der Waals surface area contributed by atoms with Gasteiger partial charge in [0.25, 0.3) is 0 Å². The highest BCUT2D eigenvalue weighted by atomic mass is 15.3. The Morgan fingerprint density at radius 1 is 1.30 bits per heavy atom. The predicted molar refractivity (Wildman–Crippen MR) is 40.0 cm³/mol. The maximum atomic E-state index is 3.72. The highest BCUT2D eigenvalue weighted by molar-refractivity contribution is 5.58. The van der Waals surface area contributed by atoms with E-state index in [0.29, 0.717) is 5.69 Å². The van der Waals surface area contributed by atoms with Crippen molar-refractivity contribution in [1.29, 1.82) is 0 Å². The first-order valence-corrected chi connectivity index (χ1v) is 2.81. The molecule has 0 saturated heterocycles. The smallest absolute Gasteiger partial charge is 0.0957 e. The monoisotopic (exact) mass is 133 g/mol. The van der Waals surface area contributed by atoms with E-state index in [1.165, 1.54) is 0 Å². The molecule has 10 heavy (non-hydrogen) atoms. The fourth-order valence-electron chi connectivity index (χ4n) is 0.602. The van der Waals surface area contributed by atoms with Gasteiger partial charge in [0, 0.05) is 5.56 Å². The van der Waals surface area contributed by atoms with Gasteiger partial charge in [0.15, 0.2) is 0 Å². The van der Waals surface area contributed by atoms with Crippen LogP contribution < -0.4 is 0 Å². The molecule has 0 aliphatic rings. The van der Waals surface area contributed by atoms with Crippen molar-refractivity contribution >= 4 is 12.2 Å². The zero-order valence-electron chi connectivity index (χ0n) is 5.49. The molecule has 0 atom stereocenters. The van der Waals surface area contributed by atoms with Gasteiger partial charge in [-0.15, -0.1) is 10.2 Å². The van der Waals surface area contributed by atoms with Crippen LogP contribution in [0, 0.1) is 0 Å². The van der Waals surface area contributed by atoms with E-state index in [-0.39, 0.29) is 0 Å². The zero-order chi connectivity index (χ0) is 7.40. The minimum Gasteiger partial charge on any atom is -0.138 e. The van der Waals surface area contributed by atoms with Gasteiger partial charge < -0.3 is 0 Å². The van der Waals surface area contributed by atoms with Crippen molar-refractivity contribution in [3.8, 4) is 0 Å². The summed E-state index contributed by atoms with van der Waals surface area (Å²) in [7, 11) is 0. The van der Waals surface area contributed by atoms with Crippen molar-refractivity contribution in [2.24, 2.45) is 0 Å². The molecule has 0 aliphatic carbocycles. The first-order valence-electron chi connectivity index (χ1n) is 2.81. The Balaban J connectivity index is 3.20. The Hall–Kier alpha value is -1.51. The predicted octanol–water partition coefficient (Wildman–Crippen LogP) is 1.16. The van der Waals surface area contributed by atoms with Gasteiger partial charge in [-0.2, -0.15) is 0 Å². The average Bonchev–Trinajstić information content (AvgIpc) is 2.04. The standard InChI is InChI=1S/C7H7N3/c1-3-6-5-8-10-9-7(6)4-2/h3-5H,1-2H2. The van der Waals surface area contributed by atoms with Crippen LogP contribution in [0.2, 0.25) is 0 Å². The summed E-state index contributed by atoms with van der Waals surface area (Å²) in [5.41, 5.74) is 1.56. The lowest BCUT2D eigenvalue weighted by molar-refractivity contribution is 0.854. The molecule has 0 amide bonds. The fraction of sp³-hybridized carbons (Fsp3) is 0. The first-order chi connectivity index (χ1) is 4.88. The summed E-state index contributed by atoms with van der Waals surface area (Å²) in [5.74, 6) is 0. The van der Waals surface area contributed by atoms with Crippen LogP contribution in [0.5, 0.6) is 0 Å². The second-order valence-corrected chi connectivity index (χ2v) is 1.68. The summed E-state index contributed by atoms with van der Waals surface area (Å²) in [4.78, 5) is 0. The van der Waals surface area contributed by atoms with E-state index in [0.717, 1.165) is 5.56 Å². The van der Waals surface area contributed by atoms with Gasteiger partial charge in [0.1, 0.15) is 0 Å². The van der Waals surface area contributed by atoms with Crippen LogP contribution in [-0.4, -0.2) is 15.4 Å². The summed E-state index contributed by atoms with van der Waals surface area (Å²) >= 11 is 0. The molecule has 1 aromatic heterocycles. The van der Waals surface area contributed by atoms with Crippen molar-refractivity contribution < 1.29 is 0 Å². The van der Waals surface area contributed by atoms with E-state index >= 15 is 0 Å². The van der Waals surface area contributed by atoms with E-state index in [2.05, 4.69) is 28.6 Å². The summed E-state index contributed by atoms with van der Waals surface area (Å²) in [6.45, 7) is 7.15. The lowest BCUT2D eigenvalue weighted by Gasteiger charge is -1.92. The number of hydrogen-bond donors (Lipinski definition) is 0. The van der Waals surface area contributed by atoms with E-state index in [9.17, 15) is 0 Å². The molecule has 0 unspecified atom stereocenters. The lowest BCUT2D eigenvalue weighted by Crippen LogP contribution is -1.91. The second kappa shape index (κ2) is 2.87. The van der Waals surface area contributed by atoms with Crippen molar-refractivity contribution in [2.45, 2.75) is 0 Å². The number of aromatic nitrogens is 3. The lowest BCUT2D eigenvalue weighted by atomic mass is 10.2. The highest BCUT2D eigenvalue weighted by Crippen LogP contribution is 2.03. The van der Waals surface area contributed by atoms with E-state index in [1.54, 1.807) is 18.3 Å². The average molecular weight is 133 g/mol. The topological polar surface area (TPSA) is 38.7 Å². The maximum Gasteiger partial charge on any atom is 0.0957 e. The van der Waals surface area contributed by atoms with Gasteiger partial charge in [-0.05, 0) is 11.3 Å². The largest absolute Gasteiger partial charge is 0.138 e. The summed E-state index contributed by atoms with van der Waals surface area (Å²) in [6.07, 6.45) is 4.88. The van der Waals surface area contributed by atoms with Crippen LogP contribution in [0.1, 0.15) is 11.3 Å². The van der Waals surface area contributed by atoms with E-state index in [1.807, 2.05) is 0 Å². The van der Waals surface area contributed by atoms with Crippen LogP contribution >= 0.6 is 0 Å². The molecule has 1 aromatic rings. The second-order valence-electron chi connectivity index (χ2n) is 1.68. The molecule has 1 heterocycles. The number of nitrogens with zero attached hydrogens (tertiary/aromatic N) is 3. The van der Waals surface area contributed by atoms with E-state index < -0.39 is 0 Å². The molecule has 0 bridgehead atoms. The Morgan fingerprint density at radius 2 is 2.10 bits per heavy atom. The molecule has 0 radical (unpaired) electrons. The SMILES string of the molecule is C=Cc1cnnnc1C=C. The molecule has 0 spiro atoms. The minimum absolute atomic E-state index is 0.713. The summed E-state index contributed by atoms with van der Waals surface area (Å²) < 4.78 is 0. The number of rotatable bonds is 2. The van der Waals surface area contributed by atoms with Crippen molar-refractivity contribution in [1.82, 2.24) is 15.4 Å². The third-order valence-corrected chi connectivity index (χ3v) is 1.11. The normalized spacial score (nSPS) is 8.80. The van der Waals surface area contributed by atoms with Crippen molar-refractivity contribution in [3.05, 3.63) is 30.6 Å².